The Hall–Kier alpha value is -0.670. The summed E-state index contributed by atoms with van der Waals surface area (Å²) in [6.45, 7) is 2.09. The van der Waals surface area contributed by atoms with Crippen molar-refractivity contribution in [3.05, 3.63) is 23.8 Å². The van der Waals surface area contributed by atoms with Crippen LogP contribution in [0.25, 0.3) is 10.1 Å². The zero-order valence-electron chi connectivity index (χ0n) is 7.24. The number of rotatable bonds is 1. The standard InChI is InChI=1S/C10H10OS2/c1-2-6-3-8(11)4-7-5-9(12)13-10(6)7/h3-5,11-12H,2H2,1H3. The molecule has 0 aliphatic heterocycles. The van der Waals surface area contributed by atoms with Crippen molar-refractivity contribution in [3.8, 4) is 5.75 Å². The van der Waals surface area contributed by atoms with Gasteiger partial charge >= 0.3 is 0 Å². The molecule has 0 saturated heterocycles. The predicted octanol–water partition coefficient (Wildman–Crippen LogP) is 3.46. The normalized spacial score (nSPS) is 10.9. The molecule has 2 aromatic rings. The smallest absolute Gasteiger partial charge is 0.116 e. The summed E-state index contributed by atoms with van der Waals surface area (Å²) in [7, 11) is 0. The van der Waals surface area contributed by atoms with Gasteiger partial charge in [0, 0.05) is 4.70 Å². The Balaban J connectivity index is 2.80. The number of fused-ring (bicyclic) bond motifs is 1. The molecule has 0 saturated carbocycles. The van der Waals surface area contributed by atoms with Gasteiger partial charge in [-0.2, -0.15) is 0 Å². The van der Waals surface area contributed by atoms with Crippen LogP contribution >= 0.6 is 24.0 Å². The highest BCUT2D eigenvalue weighted by atomic mass is 32.2. The second-order valence-corrected chi connectivity index (χ2v) is 4.80. The maximum absolute atomic E-state index is 9.43. The summed E-state index contributed by atoms with van der Waals surface area (Å²) in [6, 6.07) is 5.60. The summed E-state index contributed by atoms with van der Waals surface area (Å²) in [6.07, 6.45) is 0.943. The minimum absolute atomic E-state index is 0.343. The van der Waals surface area contributed by atoms with Crippen LogP contribution in [-0.2, 0) is 6.42 Å². The van der Waals surface area contributed by atoms with Crippen molar-refractivity contribution in [3.63, 3.8) is 0 Å². The summed E-state index contributed by atoms with van der Waals surface area (Å²) >= 11 is 5.97. The molecule has 1 aromatic heterocycles. The Labute approximate surface area is 86.4 Å². The second kappa shape index (κ2) is 3.24. The molecule has 1 N–H and O–H groups in total. The molecule has 0 radical (unpaired) electrons. The number of thiol groups is 1. The first-order valence-electron chi connectivity index (χ1n) is 4.15. The quantitative estimate of drug-likeness (QED) is 0.691. The molecule has 0 amide bonds. The molecule has 3 heteroatoms. The van der Waals surface area contributed by atoms with Gasteiger partial charge in [-0.3, -0.25) is 0 Å². The predicted molar refractivity (Wildman–Crippen MR) is 60.1 cm³/mol. The van der Waals surface area contributed by atoms with Crippen molar-refractivity contribution >= 4 is 34.1 Å². The summed E-state index contributed by atoms with van der Waals surface area (Å²) in [5, 5.41) is 10.5. The molecule has 1 heterocycles. The van der Waals surface area contributed by atoms with Crippen LogP contribution in [0.5, 0.6) is 5.75 Å². The van der Waals surface area contributed by atoms with Crippen LogP contribution in [0.1, 0.15) is 12.5 Å². The molecule has 0 aliphatic rings. The molecular weight excluding hydrogens is 200 g/mol. The van der Waals surface area contributed by atoms with E-state index in [1.807, 2.05) is 12.1 Å². The Morgan fingerprint density at radius 2 is 2.15 bits per heavy atom. The summed E-state index contributed by atoms with van der Waals surface area (Å²) in [5.41, 5.74) is 1.19. The van der Waals surface area contributed by atoms with Gasteiger partial charge in [0.2, 0.25) is 0 Å². The molecule has 2 rings (SSSR count). The van der Waals surface area contributed by atoms with Crippen molar-refractivity contribution in [2.24, 2.45) is 0 Å². The van der Waals surface area contributed by atoms with Gasteiger partial charge < -0.3 is 5.11 Å². The molecule has 0 atom stereocenters. The lowest BCUT2D eigenvalue weighted by atomic mass is 10.1. The first-order chi connectivity index (χ1) is 6.20. The van der Waals surface area contributed by atoms with Crippen LogP contribution in [0.3, 0.4) is 0 Å². The van der Waals surface area contributed by atoms with Crippen molar-refractivity contribution < 1.29 is 5.11 Å². The fourth-order valence-corrected chi connectivity index (χ4v) is 2.84. The van der Waals surface area contributed by atoms with E-state index in [9.17, 15) is 5.11 Å². The number of hydrogen-bond acceptors (Lipinski definition) is 3. The van der Waals surface area contributed by atoms with Crippen LogP contribution in [0.4, 0.5) is 0 Å². The highest BCUT2D eigenvalue weighted by molar-refractivity contribution is 7.83. The van der Waals surface area contributed by atoms with E-state index in [0.717, 1.165) is 16.0 Å². The van der Waals surface area contributed by atoms with Crippen LogP contribution in [0.2, 0.25) is 0 Å². The zero-order valence-corrected chi connectivity index (χ0v) is 8.95. The Bertz CT molecular complexity index is 445. The molecule has 1 aromatic carbocycles. The molecule has 0 unspecified atom stereocenters. The first-order valence-corrected chi connectivity index (χ1v) is 5.41. The van der Waals surface area contributed by atoms with E-state index in [-0.39, 0.29) is 0 Å². The number of thiophene rings is 1. The van der Waals surface area contributed by atoms with E-state index in [1.54, 1.807) is 17.4 Å². The lowest BCUT2D eigenvalue weighted by Gasteiger charge is -1.99. The highest BCUT2D eigenvalue weighted by Gasteiger charge is 2.05. The molecule has 0 aliphatic carbocycles. The average molecular weight is 210 g/mol. The van der Waals surface area contributed by atoms with Crippen molar-refractivity contribution in [1.29, 1.82) is 0 Å². The zero-order chi connectivity index (χ0) is 9.42. The SMILES string of the molecule is CCc1cc(O)cc2cc(S)sc12. The number of phenols is 1. The number of benzene rings is 1. The van der Waals surface area contributed by atoms with Gasteiger partial charge in [0.1, 0.15) is 5.75 Å². The van der Waals surface area contributed by atoms with Crippen LogP contribution in [0.15, 0.2) is 22.4 Å². The van der Waals surface area contributed by atoms with Crippen LogP contribution in [0, 0.1) is 0 Å². The maximum Gasteiger partial charge on any atom is 0.116 e. The number of phenolic OH excluding ortho intramolecular Hbond substituents is 1. The lowest BCUT2D eigenvalue weighted by Crippen LogP contribution is -1.78. The third kappa shape index (κ3) is 1.54. The third-order valence-corrected chi connectivity index (χ3v) is 3.48. The average Bonchev–Trinajstić information content (AvgIpc) is 2.43. The molecule has 0 spiro atoms. The van der Waals surface area contributed by atoms with E-state index in [1.165, 1.54) is 10.3 Å². The van der Waals surface area contributed by atoms with Gasteiger partial charge in [-0.05, 0) is 35.6 Å². The Morgan fingerprint density at radius 3 is 2.85 bits per heavy atom. The van der Waals surface area contributed by atoms with E-state index >= 15 is 0 Å². The van der Waals surface area contributed by atoms with Gasteiger partial charge in [0.05, 0.1) is 4.21 Å². The topological polar surface area (TPSA) is 20.2 Å². The summed E-state index contributed by atoms with van der Waals surface area (Å²) < 4.78 is 2.24. The van der Waals surface area contributed by atoms with Crippen molar-refractivity contribution in [2.75, 3.05) is 0 Å². The third-order valence-electron chi connectivity index (χ3n) is 2.05. The van der Waals surface area contributed by atoms with Crippen LogP contribution in [-0.4, -0.2) is 5.11 Å². The first kappa shape index (κ1) is 8.91. The van der Waals surface area contributed by atoms with Crippen LogP contribution < -0.4 is 0 Å². The fourth-order valence-electron chi connectivity index (χ4n) is 1.46. The number of aromatic hydroxyl groups is 1. The minimum atomic E-state index is 0.343. The van der Waals surface area contributed by atoms with Gasteiger partial charge in [-0.15, -0.1) is 24.0 Å². The molecular formula is C10H10OS2. The molecule has 1 nitrogen and oxygen atoms in total. The van der Waals surface area contributed by atoms with Gasteiger partial charge in [0.15, 0.2) is 0 Å². The second-order valence-electron chi connectivity index (χ2n) is 2.96. The highest BCUT2D eigenvalue weighted by Crippen LogP contribution is 2.33. The van der Waals surface area contributed by atoms with E-state index in [0.29, 0.717) is 5.75 Å². The summed E-state index contributed by atoms with van der Waals surface area (Å²) in [5.74, 6) is 0.343. The van der Waals surface area contributed by atoms with Crippen molar-refractivity contribution in [1.82, 2.24) is 0 Å². The minimum Gasteiger partial charge on any atom is -0.508 e. The van der Waals surface area contributed by atoms with Gasteiger partial charge in [0.25, 0.3) is 0 Å². The van der Waals surface area contributed by atoms with E-state index in [4.69, 9.17) is 0 Å². The number of hydrogen-bond donors (Lipinski definition) is 2. The lowest BCUT2D eigenvalue weighted by molar-refractivity contribution is 0.475. The summed E-state index contributed by atoms with van der Waals surface area (Å²) in [4.78, 5) is 0. The Kier molecular flexibility index (Phi) is 2.22. The molecule has 0 bridgehead atoms. The van der Waals surface area contributed by atoms with Crippen molar-refractivity contribution in [2.45, 2.75) is 17.6 Å². The van der Waals surface area contributed by atoms with Gasteiger partial charge in [-0.1, -0.05) is 6.92 Å². The number of aryl methyl sites for hydroxylation is 1. The van der Waals surface area contributed by atoms with E-state index in [2.05, 4.69) is 19.6 Å². The molecule has 13 heavy (non-hydrogen) atoms. The fraction of sp³-hybridized carbons (Fsp3) is 0.200. The van der Waals surface area contributed by atoms with Gasteiger partial charge in [-0.25, -0.2) is 0 Å². The monoisotopic (exact) mass is 210 g/mol. The molecule has 68 valence electrons. The largest absolute Gasteiger partial charge is 0.508 e. The molecule has 0 fully saturated rings. The maximum atomic E-state index is 9.43. The van der Waals surface area contributed by atoms with E-state index < -0.39 is 0 Å². The Morgan fingerprint density at radius 1 is 1.38 bits per heavy atom.